The molecule has 0 aromatic carbocycles. The number of nitrogens with zero attached hydrogens (tertiary/aromatic N) is 1. The zero-order chi connectivity index (χ0) is 17.9. The first-order valence-electron chi connectivity index (χ1n) is 8.87. The Morgan fingerprint density at radius 2 is 2.04 bits per heavy atom. The van der Waals surface area contributed by atoms with Crippen molar-refractivity contribution in [3.05, 3.63) is 23.7 Å². The normalized spacial score (nSPS) is 22.4. The molecule has 0 radical (unpaired) electrons. The van der Waals surface area contributed by atoms with E-state index in [0.29, 0.717) is 31.8 Å². The molecule has 0 unspecified atom stereocenters. The number of hydrogen-bond acceptors (Lipinski definition) is 5. The van der Waals surface area contributed by atoms with Crippen LogP contribution in [0.3, 0.4) is 0 Å². The number of carbonyl (C=O) groups excluding carboxylic acids is 1. The first kappa shape index (κ1) is 18.4. The van der Waals surface area contributed by atoms with Gasteiger partial charge in [0.25, 0.3) is 5.91 Å². The third-order valence-electron chi connectivity index (χ3n) is 4.95. The third kappa shape index (κ3) is 4.43. The first-order chi connectivity index (χ1) is 12.0. The van der Waals surface area contributed by atoms with E-state index in [0.717, 1.165) is 25.7 Å². The summed E-state index contributed by atoms with van der Waals surface area (Å²) >= 11 is 0. The number of hydrogen-bond donors (Lipinski definition) is 1. The average molecular weight is 370 g/mol. The summed E-state index contributed by atoms with van der Waals surface area (Å²) in [5.41, 5.74) is 0. The van der Waals surface area contributed by atoms with E-state index in [1.54, 1.807) is 24.1 Å². The fourth-order valence-electron chi connectivity index (χ4n) is 3.62. The molecule has 1 aliphatic carbocycles. The van der Waals surface area contributed by atoms with Crippen LogP contribution in [0.4, 0.5) is 0 Å². The molecular formula is C17H26N2O5S. The standard InChI is InChI=1S/C17H26N2O5S/c1-23-12-14-8-9-16(24-14)17(20)19-10-4-7-15(11-19)25(21,22)18-13-5-2-3-6-13/h8-9,13,15,18H,2-7,10-12H2,1H3/t15-/m1/s1. The summed E-state index contributed by atoms with van der Waals surface area (Å²) in [5, 5.41) is -0.556. The summed E-state index contributed by atoms with van der Waals surface area (Å²) < 4.78 is 38.6. The number of likely N-dealkylation sites (tertiary alicyclic amines) is 1. The SMILES string of the molecule is COCc1ccc(C(=O)N2CCC[C@@H](S(=O)(=O)NC3CCCC3)C2)o1. The predicted molar refractivity (Wildman–Crippen MR) is 92.7 cm³/mol. The van der Waals surface area contributed by atoms with Crippen molar-refractivity contribution in [2.24, 2.45) is 0 Å². The number of methoxy groups -OCH3 is 1. The van der Waals surface area contributed by atoms with Crippen molar-refractivity contribution in [2.75, 3.05) is 20.2 Å². The second-order valence-electron chi connectivity index (χ2n) is 6.86. The van der Waals surface area contributed by atoms with Gasteiger partial charge in [0.05, 0.1) is 5.25 Å². The van der Waals surface area contributed by atoms with Gasteiger partial charge in [-0.25, -0.2) is 13.1 Å². The number of piperidine rings is 1. The average Bonchev–Trinajstić information content (AvgIpc) is 3.26. The van der Waals surface area contributed by atoms with E-state index < -0.39 is 15.3 Å². The molecule has 1 N–H and O–H groups in total. The molecule has 1 atom stereocenters. The molecule has 1 aliphatic heterocycles. The molecule has 1 aromatic heterocycles. The van der Waals surface area contributed by atoms with Crippen LogP contribution < -0.4 is 4.72 Å². The molecule has 2 fully saturated rings. The van der Waals surface area contributed by atoms with Gasteiger partial charge in [0.15, 0.2) is 5.76 Å². The van der Waals surface area contributed by atoms with Crippen LogP contribution in [0, 0.1) is 0 Å². The second-order valence-corrected chi connectivity index (χ2v) is 8.85. The predicted octanol–water partition coefficient (Wildman–Crippen LogP) is 1.89. The van der Waals surface area contributed by atoms with E-state index >= 15 is 0 Å². The molecule has 3 rings (SSSR count). The lowest BCUT2D eigenvalue weighted by atomic mass is 10.1. The molecule has 25 heavy (non-hydrogen) atoms. The highest BCUT2D eigenvalue weighted by Gasteiger charge is 2.35. The third-order valence-corrected chi connectivity index (χ3v) is 6.87. The molecule has 7 nitrogen and oxygen atoms in total. The van der Waals surface area contributed by atoms with Gasteiger partial charge in [-0.2, -0.15) is 0 Å². The van der Waals surface area contributed by atoms with Gasteiger partial charge in [-0.1, -0.05) is 12.8 Å². The summed E-state index contributed by atoms with van der Waals surface area (Å²) in [7, 11) is -1.86. The van der Waals surface area contributed by atoms with Crippen LogP contribution >= 0.6 is 0 Å². The van der Waals surface area contributed by atoms with Crippen LogP contribution in [-0.4, -0.2) is 50.7 Å². The minimum Gasteiger partial charge on any atom is -0.453 e. The van der Waals surface area contributed by atoms with Crippen LogP contribution in [0.5, 0.6) is 0 Å². The Hall–Kier alpha value is -1.38. The van der Waals surface area contributed by atoms with Gasteiger partial charge >= 0.3 is 0 Å². The molecule has 1 amide bonds. The lowest BCUT2D eigenvalue weighted by Crippen LogP contribution is -2.49. The van der Waals surface area contributed by atoms with E-state index in [4.69, 9.17) is 9.15 Å². The minimum atomic E-state index is -3.41. The topological polar surface area (TPSA) is 88.8 Å². The number of carbonyl (C=O) groups is 1. The summed E-state index contributed by atoms with van der Waals surface area (Å²) in [6.45, 7) is 1.06. The summed E-state index contributed by atoms with van der Waals surface area (Å²) in [6, 6.07) is 3.38. The van der Waals surface area contributed by atoms with Gasteiger partial charge < -0.3 is 14.1 Å². The van der Waals surface area contributed by atoms with E-state index in [2.05, 4.69) is 4.72 Å². The van der Waals surface area contributed by atoms with Crippen molar-refractivity contribution < 1.29 is 22.4 Å². The zero-order valence-corrected chi connectivity index (χ0v) is 15.4. The highest BCUT2D eigenvalue weighted by Crippen LogP contribution is 2.23. The summed E-state index contributed by atoms with van der Waals surface area (Å²) in [5.74, 6) is 0.548. The van der Waals surface area contributed by atoms with Crippen molar-refractivity contribution in [3.63, 3.8) is 0 Å². The Balaban J connectivity index is 1.64. The number of ether oxygens (including phenoxy) is 1. The molecular weight excluding hydrogens is 344 g/mol. The van der Waals surface area contributed by atoms with Crippen molar-refractivity contribution in [1.82, 2.24) is 9.62 Å². The van der Waals surface area contributed by atoms with Crippen molar-refractivity contribution in [3.8, 4) is 0 Å². The van der Waals surface area contributed by atoms with Gasteiger partial charge in [-0.05, 0) is 37.8 Å². The Morgan fingerprint density at radius 3 is 2.76 bits per heavy atom. The monoisotopic (exact) mass is 370 g/mol. The van der Waals surface area contributed by atoms with E-state index in [1.807, 2.05) is 0 Å². The lowest BCUT2D eigenvalue weighted by molar-refractivity contribution is 0.0687. The molecule has 1 saturated heterocycles. The van der Waals surface area contributed by atoms with Gasteiger partial charge in [0, 0.05) is 26.2 Å². The number of rotatable bonds is 6. The fraction of sp³-hybridized carbons (Fsp3) is 0.706. The van der Waals surface area contributed by atoms with Gasteiger partial charge in [-0.15, -0.1) is 0 Å². The molecule has 2 heterocycles. The fourth-order valence-corrected chi connectivity index (χ4v) is 5.36. The van der Waals surface area contributed by atoms with Crippen LogP contribution in [0.1, 0.15) is 54.8 Å². The highest BCUT2D eigenvalue weighted by atomic mass is 32.2. The Kier molecular flexibility index (Phi) is 5.81. The molecule has 2 aliphatic rings. The minimum absolute atomic E-state index is 0.0535. The summed E-state index contributed by atoms with van der Waals surface area (Å²) in [4.78, 5) is 14.2. The van der Waals surface area contributed by atoms with Gasteiger partial charge in [0.2, 0.25) is 10.0 Å². The van der Waals surface area contributed by atoms with E-state index in [1.165, 1.54) is 0 Å². The Morgan fingerprint density at radius 1 is 1.28 bits per heavy atom. The molecule has 8 heteroatoms. The van der Waals surface area contributed by atoms with Gasteiger partial charge in [-0.3, -0.25) is 4.79 Å². The number of amides is 1. The van der Waals surface area contributed by atoms with Crippen LogP contribution in [0.2, 0.25) is 0 Å². The highest BCUT2D eigenvalue weighted by molar-refractivity contribution is 7.90. The molecule has 0 spiro atoms. The van der Waals surface area contributed by atoms with Crippen LogP contribution in [-0.2, 0) is 21.4 Å². The number of sulfonamides is 1. The Labute approximate surface area is 148 Å². The van der Waals surface area contributed by atoms with Crippen LogP contribution in [0.15, 0.2) is 16.5 Å². The smallest absolute Gasteiger partial charge is 0.289 e. The first-order valence-corrected chi connectivity index (χ1v) is 10.4. The lowest BCUT2D eigenvalue weighted by Gasteiger charge is -2.32. The molecule has 1 aromatic rings. The van der Waals surface area contributed by atoms with Crippen molar-refractivity contribution in [1.29, 1.82) is 0 Å². The maximum Gasteiger partial charge on any atom is 0.289 e. The summed E-state index contributed by atoms with van der Waals surface area (Å²) in [6.07, 6.45) is 5.22. The van der Waals surface area contributed by atoms with Gasteiger partial charge in [0.1, 0.15) is 12.4 Å². The quantitative estimate of drug-likeness (QED) is 0.826. The van der Waals surface area contributed by atoms with E-state index in [-0.39, 0.29) is 24.3 Å². The maximum absolute atomic E-state index is 12.6. The van der Waals surface area contributed by atoms with E-state index in [9.17, 15) is 13.2 Å². The van der Waals surface area contributed by atoms with Crippen LogP contribution in [0.25, 0.3) is 0 Å². The molecule has 140 valence electrons. The maximum atomic E-state index is 12.6. The zero-order valence-electron chi connectivity index (χ0n) is 14.6. The number of nitrogens with one attached hydrogen (secondary N) is 1. The Bertz CT molecular complexity index is 694. The second kappa shape index (κ2) is 7.88. The number of furan rings is 1. The van der Waals surface area contributed by atoms with Crippen molar-refractivity contribution >= 4 is 15.9 Å². The molecule has 0 bridgehead atoms. The molecule has 1 saturated carbocycles. The van der Waals surface area contributed by atoms with Crippen molar-refractivity contribution in [2.45, 2.75) is 56.4 Å². The largest absolute Gasteiger partial charge is 0.453 e.